The topological polar surface area (TPSA) is 61.4 Å². The third kappa shape index (κ3) is 3.88. The molecular formula is C17H22FN3O2. The van der Waals surface area contributed by atoms with Crippen LogP contribution >= 0.6 is 0 Å². The fraction of sp³-hybridized carbons (Fsp3) is 0.529. The largest absolute Gasteiger partial charge is 0.342 e. The molecule has 2 amide bonds. The minimum absolute atomic E-state index is 0.0498. The Kier molecular flexibility index (Phi) is 4.91. The lowest BCUT2D eigenvalue weighted by Gasteiger charge is -2.32. The Balaban J connectivity index is 1.49. The number of nitrogens with one attached hydrogen (secondary N) is 2. The number of carbonyl (C=O) groups excluding carboxylic acids is 2. The molecule has 0 spiro atoms. The third-order valence-electron chi connectivity index (χ3n) is 4.70. The molecule has 0 radical (unpaired) electrons. The predicted molar refractivity (Wildman–Crippen MR) is 85.3 cm³/mol. The highest BCUT2D eigenvalue weighted by Crippen LogP contribution is 2.22. The van der Waals surface area contributed by atoms with Gasteiger partial charge in [0.2, 0.25) is 11.8 Å². The standard InChI is InChI=1S/C17H22FN3O2/c18-14-1-3-15(4-2-14)20-16(22)12-6-9-21(10-7-12)17(23)13-5-8-19-11-13/h1-4,12-13,19H,5-11H2,(H,20,22). The van der Waals surface area contributed by atoms with Gasteiger partial charge in [0.1, 0.15) is 5.82 Å². The lowest BCUT2D eigenvalue weighted by molar-refractivity contribution is -0.137. The fourth-order valence-corrected chi connectivity index (χ4v) is 3.26. The first-order valence-electron chi connectivity index (χ1n) is 8.19. The molecule has 2 heterocycles. The van der Waals surface area contributed by atoms with Crippen molar-refractivity contribution in [1.82, 2.24) is 10.2 Å². The van der Waals surface area contributed by atoms with Gasteiger partial charge in [-0.25, -0.2) is 4.39 Å². The first-order valence-corrected chi connectivity index (χ1v) is 8.19. The van der Waals surface area contributed by atoms with Crippen LogP contribution in [0.4, 0.5) is 10.1 Å². The van der Waals surface area contributed by atoms with E-state index in [1.54, 1.807) is 12.1 Å². The molecule has 3 rings (SSSR count). The monoisotopic (exact) mass is 319 g/mol. The maximum atomic E-state index is 12.9. The number of piperidine rings is 1. The number of hydrogen-bond acceptors (Lipinski definition) is 3. The van der Waals surface area contributed by atoms with Crippen molar-refractivity contribution in [3.05, 3.63) is 30.1 Å². The summed E-state index contributed by atoms with van der Waals surface area (Å²) in [5, 5.41) is 6.03. The highest BCUT2D eigenvalue weighted by molar-refractivity contribution is 5.92. The summed E-state index contributed by atoms with van der Waals surface area (Å²) in [6, 6.07) is 5.76. The van der Waals surface area contributed by atoms with Gasteiger partial charge >= 0.3 is 0 Å². The normalized spacial score (nSPS) is 22.1. The number of hydrogen-bond donors (Lipinski definition) is 2. The van der Waals surface area contributed by atoms with Crippen LogP contribution in [0.5, 0.6) is 0 Å². The fourth-order valence-electron chi connectivity index (χ4n) is 3.26. The Morgan fingerprint density at radius 1 is 1.09 bits per heavy atom. The number of nitrogens with zero attached hydrogens (tertiary/aromatic N) is 1. The molecule has 6 heteroatoms. The van der Waals surface area contributed by atoms with Crippen LogP contribution in [0.15, 0.2) is 24.3 Å². The zero-order valence-corrected chi connectivity index (χ0v) is 13.1. The lowest BCUT2D eigenvalue weighted by Crippen LogP contribution is -2.44. The van der Waals surface area contributed by atoms with Gasteiger partial charge in [-0.1, -0.05) is 0 Å². The van der Waals surface area contributed by atoms with E-state index in [9.17, 15) is 14.0 Å². The van der Waals surface area contributed by atoms with Gasteiger partial charge in [-0.2, -0.15) is 0 Å². The zero-order chi connectivity index (χ0) is 16.2. The number of carbonyl (C=O) groups is 2. The van der Waals surface area contributed by atoms with Crippen molar-refractivity contribution in [2.45, 2.75) is 19.3 Å². The van der Waals surface area contributed by atoms with Gasteiger partial charge in [0.15, 0.2) is 0 Å². The number of rotatable bonds is 3. The summed E-state index contributed by atoms with van der Waals surface area (Å²) in [4.78, 5) is 26.5. The van der Waals surface area contributed by atoms with E-state index in [1.165, 1.54) is 12.1 Å². The van der Waals surface area contributed by atoms with Crippen LogP contribution in [-0.2, 0) is 9.59 Å². The van der Waals surface area contributed by atoms with Crippen LogP contribution in [0.2, 0.25) is 0 Å². The molecule has 2 saturated heterocycles. The van der Waals surface area contributed by atoms with E-state index >= 15 is 0 Å². The molecule has 1 aromatic rings. The molecule has 1 unspecified atom stereocenters. The molecule has 1 aromatic carbocycles. The Hall–Kier alpha value is -1.95. The molecule has 23 heavy (non-hydrogen) atoms. The number of halogens is 1. The van der Waals surface area contributed by atoms with Gasteiger partial charge in [-0.3, -0.25) is 9.59 Å². The maximum Gasteiger partial charge on any atom is 0.227 e. The molecule has 124 valence electrons. The van der Waals surface area contributed by atoms with E-state index in [4.69, 9.17) is 0 Å². The van der Waals surface area contributed by atoms with Crippen LogP contribution < -0.4 is 10.6 Å². The first kappa shape index (κ1) is 15.9. The molecule has 0 bridgehead atoms. The van der Waals surface area contributed by atoms with Crippen molar-refractivity contribution in [2.24, 2.45) is 11.8 Å². The average Bonchev–Trinajstić information content (AvgIpc) is 3.11. The van der Waals surface area contributed by atoms with Crippen molar-refractivity contribution in [3.63, 3.8) is 0 Å². The molecule has 2 N–H and O–H groups in total. The first-order chi connectivity index (χ1) is 11.1. The van der Waals surface area contributed by atoms with Crippen LogP contribution in [0.3, 0.4) is 0 Å². The minimum Gasteiger partial charge on any atom is -0.342 e. The third-order valence-corrected chi connectivity index (χ3v) is 4.70. The van der Waals surface area contributed by atoms with Crippen molar-refractivity contribution in [3.8, 4) is 0 Å². The molecule has 0 aliphatic carbocycles. The van der Waals surface area contributed by atoms with Crippen LogP contribution in [0, 0.1) is 17.7 Å². The SMILES string of the molecule is O=C(Nc1ccc(F)cc1)C1CCN(C(=O)C2CCNC2)CC1. The van der Waals surface area contributed by atoms with E-state index in [0.717, 1.165) is 19.5 Å². The van der Waals surface area contributed by atoms with Gasteiger partial charge < -0.3 is 15.5 Å². The molecule has 2 aliphatic rings. The molecule has 1 atom stereocenters. The van der Waals surface area contributed by atoms with Crippen molar-refractivity contribution >= 4 is 17.5 Å². The summed E-state index contributed by atoms with van der Waals surface area (Å²) in [6.07, 6.45) is 2.27. The minimum atomic E-state index is -0.323. The second kappa shape index (κ2) is 7.08. The molecule has 0 saturated carbocycles. The van der Waals surface area contributed by atoms with Crippen molar-refractivity contribution in [2.75, 3.05) is 31.5 Å². The maximum absolute atomic E-state index is 12.9. The summed E-state index contributed by atoms with van der Waals surface area (Å²) >= 11 is 0. The number of likely N-dealkylation sites (tertiary alicyclic amines) is 1. The summed E-state index contributed by atoms with van der Waals surface area (Å²) in [5.41, 5.74) is 0.604. The van der Waals surface area contributed by atoms with Crippen LogP contribution in [-0.4, -0.2) is 42.9 Å². The van der Waals surface area contributed by atoms with E-state index in [0.29, 0.717) is 31.6 Å². The smallest absolute Gasteiger partial charge is 0.227 e. The van der Waals surface area contributed by atoms with E-state index in [1.807, 2.05) is 4.90 Å². The quantitative estimate of drug-likeness (QED) is 0.890. The highest BCUT2D eigenvalue weighted by atomic mass is 19.1. The summed E-state index contributed by atoms with van der Waals surface area (Å²) in [7, 11) is 0. The summed E-state index contributed by atoms with van der Waals surface area (Å²) < 4.78 is 12.9. The average molecular weight is 319 g/mol. The molecule has 2 fully saturated rings. The molecule has 5 nitrogen and oxygen atoms in total. The Morgan fingerprint density at radius 2 is 1.78 bits per heavy atom. The van der Waals surface area contributed by atoms with E-state index in [-0.39, 0.29) is 29.5 Å². The molecule has 0 aromatic heterocycles. The Bertz CT molecular complexity index is 562. The second-order valence-corrected chi connectivity index (χ2v) is 6.29. The number of benzene rings is 1. The van der Waals surface area contributed by atoms with Gasteiger partial charge in [-0.05, 0) is 50.1 Å². The van der Waals surface area contributed by atoms with Gasteiger partial charge in [-0.15, -0.1) is 0 Å². The van der Waals surface area contributed by atoms with E-state index < -0.39 is 0 Å². The highest BCUT2D eigenvalue weighted by Gasteiger charge is 2.31. The Labute approximate surface area is 135 Å². The van der Waals surface area contributed by atoms with Gasteiger partial charge in [0.25, 0.3) is 0 Å². The van der Waals surface area contributed by atoms with Crippen LogP contribution in [0.25, 0.3) is 0 Å². The van der Waals surface area contributed by atoms with Crippen molar-refractivity contribution in [1.29, 1.82) is 0 Å². The van der Waals surface area contributed by atoms with Gasteiger partial charge in [0, 0.05) is 31.2 Å². The van der Waals surface area contributed by atoms with Crippen molar-refractivity contribution < 1.29 is 14.0 Å². The Morgan fingerprint density at radius 3 is 2.39 bits per heavy atom. The molecule has 2 aliphatic heterocycles. The molecular weight excluding hydrogens is 297 g/mol. The van der Waals surface area contributed by atoms with E-state index in [2.05, 4.69) is 10.6 Å². The van der Waals surface area contributed by atoms with Crippen LogP contribution in [0.1, 0.15) is 19.3 Å². The summed E-state index contributed by atoms with van der Waals surface area (Å²) in [5.74, 6) is -0.153. The summed E-state index contributed by atoms with van der Waals surface area (Å²) in [6.45, 7) is 2.95. The van der Waals surface area contributed by atoms with Gasteiger partial charge in [0.05, 0.1) is 5.92 Å². The zero-order valence-electron chi connectivity index (χ0n) is 13.1. The number of anilines is 1. The predicted octanol–water partition coefficient (Wildman–Crippen LogP) is 1.61. The second-order valence-electron chi connectivity index (χ2n) is 6.29. The number of amides is 2. The lowest BCUT2D eigenvalue weighted by atomic mass is 9.94.